The molecule has 0 fully saturated rings. The highest BCUT2D eigenvalue weighted by atomic mass is 32.2. The molecule has 1 unspecified atom stereocenters. The van der Waals surface area contributed by atoms with E-state index in [4.69, 9.17) is 15.0 Å². The fraction of sp³-hybridized carbons (Fsp3) is 0.625. The first kappa shape index (κ1) is 17.8. The predicted molar refractivity (Wildman–Crippen MR) is 87.6 cm³/mol. The number of unbranched alkanes of at least 4 members (excludes halogenated alkanes) is 1. The molecule has 0 bridgehead atoms. The van der Waals surface area contributed by atoms with Gasteiger partial charge in [-0.1, -0.05) is 33.1 Å². The molecule has 21 heavy (non-hydrogen) atoms. The zero-order valence-electron chi connectivity index (χ0n) is 13.5. The van der Waals surface area contributed by atoms with Crippen molar-refractivity contribution >= 4 is 17.4 Å². The molecule has 0 aliphatic rings. The molecule has 0 aromatic heterocycles. The molecule has 0 saturated carbocycles. The van der Waals surface area contributed by atoms with E-state index in [1.54, 1.807) is 14.2 Å². The fourth-order valence-electron chi connectivity index (χ4n) is 2.17. The third-order valence-electron chi connectivity index (χ3n) is 3.62. The Morgan fingerprint density at radius 1 is 1.19 bits per heavy atom. The van der Waals surface area contributed by atoms with E-state index in [1.807, 2.05) is 23.9 Å². The molecule has 5 heteroatoms. The van der Waals surface area contributed by atoms with E-state index >= 15 is 0 Å². The third kappa shape index (κ3) is 5.23. The van der Waals surface area contributed by atoms with Crippen LogP contribution in [-0.2, 0) is 0 Å². The van der Waals surface area contributed by atoms with Crippen molar-refractivity contribution < 1.29 is 15.0 Å². The molecular weight excluding hydrogens is 284 g/mol. The van der Waals surface area contributed by atoms with Crippen LogP contribution in [0.25, 0.3) is 0 Å². The highest BCUT2D eigenvalue weighted by molar-refractivity contribution is 7.99. The van der Waals surface area contributed by atoms with Gasteiger partial charge in [0.05, 0.1) is 19.1 Å². The maximum absolute atomic E-state index is 5.44. The highest BCUT2D eigenvalue weighted by Gasteiger charge is 2.14. The smallest absolute Gasteiger partial charge is 0.175 e. The van der Waals surface area contributed by atoms with Crippen LogP contribution in [0.1, 0.15) is 39.5 Å². The minimum atomic E-state index is 0.608. The van der Waals surface area contributed by atoms with Gasteiger partial charge in [0.1, 0.15) is 5.75 Å². The Morgan fingerprint density at radius 2 is 1.90 bits per heavy atom. The molecule has 1 aromatic carbocycles. The van der Waals surface area contributed by atoms with Crippen LogP contribution in [0.2, 0.25) is 0 Å². The maximum atomic E-state index is 5.44. The first-order valence-electron chi connectivity index (χ1n) is 7.49. The molecule has 0 saturated heterocycles. The Hall–Kier alpha value is -1.23. The van der Waals surface area contributed by atoms with E-state index in [2.05, 4.69) is 19.0 Å². The Kier molecular flexibility index (Phi) is 8.20. The lowest BCUT2D eigenvalue weighted by molar-refractivity contribution is -0.210. The zero-order chi connectivity index (χ0) is 15.7. The lowest BCUT2D eigenvalue weighted by Gasteiger charge is -2.16. The van der Waals surface area contributed by atoms with Gasteiger partial charge in [0, 0.05) is 11.8 Å². The molecule has 0 radical (unpaired) electrons. The van der Waals surface area contributed by atoms with Crippen LogP contribution in [0.5, 0.6) is 11.5 Å². The highest BCUT2D eigenvalue weighted by Crippen LogP contribution is 2.40. The number of ether oxygens (including phenoxy) is 2. The average Bonchev–Trinajstić information content (AvgIpc) is 2.54. The summed E-state index contributed by atoms with van der Waals surface area (Å²) < 4.78 is 10.8. The number of nitrogens with two attached hydrogens (primary N) is 1. The molecule has 0 amide bonds. The number of benzene rings is 1. The van der Waals surface area contributed by atoms with Crippen molar-refractivity contribution in [2.75, 3.05) is 20.0 Å². The van der Waals surface area contributed by atoms with Gasteiger partial charge in [-0.05, 0) is 23.5 Å². The second-order valence-electron chi connectivity index (χ2n) is 5.03. The Balaban J connectivity index is 2.83. The van der Waals surface area contributed by atoms with Crippen molar-refractivity contribution in [1.29, 1.82) is 0 Å². The van der Waals surface area contributed by atoms with Crippen molar-refractivity contribution in [3.05, 3.63) is 12.1 Å². The van der Waals surface area contributed by atoms with Crippen molar-refractivity contribution in [3.63, 3.8) is 0 Å². The number of nitrogens with zero attached hydrogens (tertiary/aromatic N) is 1. The van der Waals surface area contributed by atoms with E-state index in [9.17, 15) is 0 Å². The largest absolute Gasteiger partial charge is 0.495 e. The fourth-order valence-corrected chi connectivity index (χ4v) is 3.47. The first-order valence-corrected chi connectivity index (χ1v) is 8.48. The lowest BCUT2D eigenvalue weighted by atomic mass is 10.0. The summed E-state index contributed by atoms with van der Waals surface area (Å²) in [6.45, 7) is 4.50. The summed E-state index contributed by atoms with van der Waals surface area (Å²) in [5.74, 6) is 3.32. The normalized spacial score (nSPS) is 12.0. The summed E-state index contributed by atoms with van der Waals surface area (Å²) in [6.07, 6.45) is 5.05. The molecule has 0 aliphatic carbocycles. The molecular formula is C16H27N2O2S+. The van der Waals surface area contributed by atoms with Gasteiger partial charge in [-0.15, -0.1) is 11.8 Å². The van der Waals surface area contributed by atoms with Crippen LogP contribution in [0.4, 0.5) is 5.69 Å². The number of hydrogen-bond donors (Lipinski definition) is 1. The molecule has 118 valence electrons. The first-order chi connectivity index (χ1) is 10.2. The van der Waals surface area contributed by atoms with Crippen LogP contribution < -0.4 is 15.0 Å². The van der Waals surface area contributed by atoms with Crippen molar-refractivity contribution in [2.24, 2.45) is 11.0 Å². The Labute approximate surface area is 132 Å². The summed E-state index contributed by atoms with van der Waals surface area (Å²) in [5.41, 5.74) is 5.99. The lowest BCUT2D eigenvalue weighted by Crippen LogP contribution is -2.22. The number of hydrogen-bond acceptors (Lipinski definition) is 4. The monoisotopic (exact) mass is 311 g/mol. The summed E-state index contributed by atoms with van der Waals surface area (Å²) >= 11 is 1.82. The van der Waals surface area contributed by atoms with Crippen molar-refractivity contribution in [1.82, 2.24) is 0 Å². The van der Waals surface area contributed by atoms with E-state index in [1.165, 1.54) is 25.7 Å². The summed E-state index contributed by atoms with van der Waals surface area (Å²) in [7, 11) is 3.29. The van der Waals surface area contributed by atoms with Crippen LogP contribution in [-0.4, -0.2) is 20.0 Å². The van der Waals surface area contributed by atoms with E-state index in [0.717, 1.165) is 22.3 Å². The molecule has 2 N–H and O–H groups in total. The summed E-state index contributed by atoms with van der Waals surface area (Å²) in [5, 5.41) is 3.73. The topological polar surface area (TPSA) is 56.4 Å². The Bertz CT molecular complexity index is 452. The van der Waals surface area contributed by atoms with Crippen molar-refractivity contribution in [3.8, 4) is 11.5 Å². The van der Waals surface area contributed by atoms with Gasteiger partial charge in [0.2, 0.25) is 0 Å². The van der Waals surface area contributed by atoms with E-state index < -0.39 is 0 Å². The molecule has 1 rings (SSSR count). The van der Waals surface area contributed by atoms with Gasteiger partial charge in [0.15, 0.2) is 11.4 Å². The molecule has 1 atom stereocenters. The van der Waals surface area contributed by atoms with Crippen LogP contribution in [0, 0.1) is 5.92 Å². The maximum Gasteiger partial charge on any atom is 0.175 e. The van der Waals surface area contributed by atoms with E-state index in [-0.39, 0.29) is 0 Å². The molecule has 0 heterocycles. The number of thioether (sulfide) groups is 1. The molecule has 0 aliphatic heterocycles. The Morgan fingerprint density at radius 3 is 2.43 bits per heavy atom. The van der Waals surface area contributed by atoms with Crippen LogP contribution >= 0.6 is 11.8 Å². The summed E-state index contributed by atoms with van der Waals surface area (Å²) in [6, 6.07) is 3.79. The quantitative estimate of drug-likeness (QED) is 0.527. The standard InChI is InChI=1S/C16H26N2O2S/c1-5-7-8-12(6-2)11-21-16-10-14(19-3)13(18-17)9-15(16)20-4/h9-10,12,17H,5-8,11H2,1-4H3/p+1. The third-order valence-corrected chi connectivity index (χ3v) is 4.89. The van der Waals surface area contributed by atoms with Gasteiger partial charge in [0.25, 0.3) is 0 Å². The second kappa shape index (κ2) is 9.66. The number of rotatable bonds is 10. The summed E-state index contributed by atoms with van der Waals surface area (Å²) in [4.78, 5) is 1.08. The average molecular weight is 311 g/mol. The minimum Gasteiger partial charge on any atom is -0.495 e. The molecule has 1 aromatic rings. The molecule has 0 spiro atoms. The van der Waals surface area contributed by atoms with E-state index in [0.29, 0.717) is 11.4 Å². The van der Waals surface area contributed by atoms with Gasteiger partial charge >= 0.3 is 0 Å². The van der Waals surface area contributed by atoms with Gasteiger partial charge in [-0.2, -0.15) is 5.53 Å². The second-order valence-corrected chi connectivity index (χ2v) is 6.09. The van der Waals surface area contributed by atoms with Gasteiger partial charge in [-0.25, -0.2) is 0 Å². The molecule has 4 nitrogen and oxygen atoms in total. The zero-order valence-corrected chi connectivity index (χ0v) is 14.3. The van der Waals surface area contributed by atoms with Crippen LogP contribution in [0.3, 0.4) is 0 Å². The minimum absolute atomic E-state index is 0.608. The van der Waals surface area contributed by atoms with Crippen LogP contribution in [0.15, 0.2) is 22.1 Å². The number of methoxy groups -OCH3 is 2. The van der Waals surface area contributed by atoms with Gasteiger partial charge in [-0.3, -0.25) is 0 Å². The van der Waals surface area contributed by atoms with Gasteiger partial charge < -0.3 is 9.47 Å². The van der Waals surface area contributed by atoms with Crippen molar-refractivity contribution in [2.45, 2.75) is 44.4 Å². The SMILES string of the molecule is CCCCC(CC)CSc1cc(OC)c(N=[NH2+])cc1OC. The predicted octanol–water partition coefficient (Wildman–Crippen LogP) is 3.86.